The third-order valence-corrected chi connectivity index (χ3v) is 10.5. The normalized spacial score (nSPS) is 19.6. The van der Waals surface area contributed by atoms with Crippen LogP contribution in [0, 0.1) is 12.7 Å². The standard InChI is InChI=1S/C32H37ClF4N8O3.C2H2F2/c1-17-22-14-43(8-5-11-45(22)42-27(17)29(46)39-2)28-18-15-47-23(24-25(32(35,36)37)19(33)12-20(38)26(24)34)13-21(18)40-30(41-28)48-16-31-6-3-9-44(31)10-4-7-31;1-2(3)4/h12,23H,3-11,13-16,38H2,1-2H3,(H,39,46);1H2. The van der Waals surface area contributed by atoms with E-state index in [-0.39, 0.29) is 30.5 Å². The molecule has 2 aromatic heterocycles. The van der Waals surface area contributed by atoms with Crippen molar-refractivity contribution in [3.8, 4) is 6.01 Å². The highest BCUT2D eigenvalue weighted by Crippen LogP contribution is 2.46. The molecule has 2 fully saturated rings. The number of fused-ring (bicyclic) bond motifs is 3. The van der Waals surface area contributed by atoms with Gasteiger partial charge in [0, 0.05) is 43.2 Å². The van der Waals surface area contributed by atoms with Gasteiger partial charge in [0.25, 0.3) is 12.0 Å². The molecule has 1 atom stereocenters. The molecular weight excluding hydrogens is 718 g/mol. The van der Waals surface area contributed by atoms with Crippen molar-refractivity contribution in [2.45, 2.75) is 83.0 Å². The maximum absolute atomic E-state index is 15.4. The first-order valence-electron chi connectivity index (χ1n) is 16.9. The summed E-state index contributed by atoms with van der Waals surface area (Å²) in [4.78, 5) is 26.6. The van der Waals surface area contributed by atoms with E-state index in [0.29, 0.717) is 55.4 Å². The third kappa shape index (κ3) is 7.26. The summed E-state index contributed by atoms with van der Waals surface area (Å²) < 4.78 is 92.6. The smallest absolute Gasteiger partial charge is 0.418 e. The number of benzene rings is 1. The molecule has 4 aliphatic rings. The van der Waals surface area contributed by atoms with Crippen LogP contribution in [-0.4, -0.2) is 69.4 Å². The highest BCUT2D eigenvalue weighted by Gasteiger charge is 2.46. The Hall–Kier alpha value is -4.09. The van der Waals surface area contributed by atoms with Crippen molar-refractivity contribution in [2.24, 2.45) is 0 Å². The number of ether oxygens (including phenoxy) is 2. The van der Waals surface area contributed by atoms with Crippen LogP contribution in [0.1, 0.15) is 82.3 Å². The second-order valence-corrected chi connectivity index (χ2v) is 13.8. The van der Waals surface area contributed by atoms with Gasteiger partial charge in [-0.1, -0.05) is 11.6 Å². The SMILES string of the molecule is C=C(F)F.CNC(=O)c1nn2c(c1C)CN(c1nc(OCC34CCCN3CCC4)nc3c1COC(c1c(F)c(N)cc(Cl)c1C(F)(F)F)C3)CCC2. The van der Waals surface area contributed by atoms with Gasteiger partial charge in [-0.25, -0.2) is 4.39 Å². The van der Waals surface area contributed by atoms with Gasteiger partial charge in [0.2, 0.25) is 0 Å². The topological polar surface area (TPSA) is 124 Å². The van der Waals surface area contributed by atoms with E-state index in [2.05, 4.69) is 21.9 Å². The molecule has 1 aromatic carbocycles. The van der Waals surface area contributed by atoms with E-state index in [4.69, 9.17) is 36.8 Å². The Balaban J connectivity index is 0.00000110. The summed E-state index contributed by atoms with van der Waals surface area (Å²) in [6.45, 7) is 7.78. The zero-order valence-electron chi connectivity index (χ0n) is 28.7. The summed E-state index contributed by atoms with van der Waals surface area (Å²) in [5.74, 6) is -0.998. The Morgan fingerprint density at radius 1 is 1.17 bits per heavy atom. The monoisotopic (exact) mass is 756 g/mol. The first-order valence-corrected chi connectivity index (χ1v) is 17.3. The summed E-state index contributed by atoms with van der Waals surface area (Å²) >= 11 is 6.00. The molecule has 1 unspecified atom stereocenters. The lowest BCUT2D eigenvalue weighted by molar-refractivity contribution is -0.140. The average molecular weight is 757 g/mol. The number of nitrogen functional groups attached to an aromatic ring is 1. The Bertz CT molecular complexity index is 1860. The first-order chi connectivity index (χ1) is 24.6. The van der Waals surface area contributed by atoms with Gasteiger partial charge in [0.1, 0.15) is 12.4 Å². The number of anilines is 2. The number of aryl methyl sites for hydroxylation is 1. The van der Waals surface area contributed by atoms with Gasteiger partial charge >= 0.3 is 12.2 Å². The van der Waals surface area contributed by atoms with Crippen LogP contribution in [-0.2, 0) is 37.0 Å². The molecular formula is C34H39ClF6N8O3. The van der Waals surface area contributed by atoms with Gasteiger partial charge in [0.15, 0.2) is 11.5 Å². The Kier molecular flexibility index (Phi) is 10.7. The number of hydrogen-bond acceptors (Lipinski definition) is 9. The number of carbonyl (C=O) groups is 1. The Labute approximate surface area is 301 Å². The molecule has 18 heteroatoms. The lowest BCUT2D eigenvalue weighted by atomic mass is 9.93. The van der Waals surface area contributed by atoms with Crippen molar-refractivity contribution in [3.63, 3.8) is 0 Å². The fourth-order valence-corrected chi connectivity index (χ4v) is 8.14. The number of nitrogens with two attached hydrogens (primary N) is 1. The van der Waals surface area contributed by atoms with E-state index >= 15 is 4.39 Å². The molecule has 52 heavy (non-hydrogen) atoms. The zero-order valence-corrected chi connectivity index (χ0v) is 29.4. The highest BCUT2D eigenvalue weighted by molar-refractivity contribution is 6.31. The van der Waals surface area contributed by atoms with E-state index in [0.717, 1.165) is 56.1 Å². The van der Waals surface area contributed by atoms with Crippen LogP contribution in [0.2, 0.25) is 5.02 Å². The van der Waals surface area contributed by atoms with Crippen molar-refractivity contribution in [3.05, 3.63) is 68.9 Å². The maximum atomic E-state index is 15.4. The Morgan fingerprint density at radius 2 is 1.87 bits per heavy atom. The number of halogens is 7. The third-order valence-electron chi connectivity index (χ3n) is 10.2. The lowest BCUT2D eigenvalue weighted by Crippen LogP contribution is -2.43. The van der Waals surface area contributed by atoms with Crippen molar-refractivity contribution in [1.29, 1.82) is 0 Å². The largest absolute Gasteiger partial charge is 0.461 e. The second-order valence-electron chi connectivity index (χ2n) is 13.4. The second kappa shape index (κ2) is 14.7. The molecule has 7 rings (SSSR count). The molecule has 282 valence electrons. The van der Waals surface area contributed by atoms with Crippen molar-refractivity contribution in [1.82, 2.24) is 30.0 Å². The molecule has 0 aliphatic carbocycles. The van der Waals surface area contributed by atoms with E-state index < -0.39 is 46.0 Å². The summed E-state index contributed by atoms with van der Waals surface area (Å²) in [7, 11) is 1.55. The van der Waals surface area contributed by atoms with E-state index in [1.54, 1.807) is 7.05 Å². The number of alkyl halides is 3. The Morgan fingerprint density at radius 3 is 2.52 bits per heavy atom. The summed E-state index contributed by atoms with van der Waals surface area (Å²) in [5.41, 5.74) is 5.96. The molecule has 1 amide bonds. The molecule has 4 aliphatic heterocycles. The predicted octanol–water partition coefficient (Wildman–Crippen LogP) is 6.36. The quantitative estimate of drug-likeness (QED) is 0.219. The summed E-state index contributed by atoms with van der Waals surface area (Å²) in [5, 5.41) is 6.48. The fraction of sp³-hybridized carbons (Fsp3) is 0.529. The van der Waals surface area contributed by atoms with Crippen LogP contribution in [0.5, 0.6) is 6.01 Å². The maximum Gasteiger partial charge on any atom is 0.418 e. The van der Waals surface area contributed by atoms with Crippen molar-refractivity contribution >= 4 is 29.0 Å². The average Bonchev–Trinajstić information content (AvgIpc) is 3.70. The van der Waals surface area contributed by atoms with Gasteiger partial charge in [-0.3, -0.25) is 14.4 Å². The van der Waals surface area contributed by atoms with Gasteiger partial charge in [-0.05, 0) is 64.8 Å². The summed E-state index contributed by atoms with van der Waals surface area (Å²) in [6.07, 6.45) is -3.51. The van der Waals surface area contributed by atoms with Crippen LogP contribution >= 0.6 is 11.6 Å². The van der Waals surface area contributed by atoms with Crippen LogP contribution in [0.25, 0.3) is 0 Å². The highest BCUT2D eigenvalue weighted by atomic mass is 35.5. The lowest BCUT2D eigenvalue weighted by Gasteiger charge is -2.33. The molecule has 11 nitrogen and oxygen atoms in total. The number of nitrogens with one attached hydrogen (secondary N) is 1. The van der Waals surface area contributed by atoms with E-state index in [9.17, 15) is 26.7 Å². The fourth-order valence-electron chi connectivity index (χ4n) is 7.82. The molecule has 3 N–H and O–H groups in total. The van der Waals surface area contributed by atoms with Crippen LogP contribution in [0.3, 0.4) is 0 Å². The number of amides is 1. The number of carbonyl (C=O) groups excluding carboxylic acids is 1. The summed E-state index contributed by atoms with van der Waals surface area (Å²) in [6, 6.07) is 0.864. The van der Waals surface area contributed by atoms with Crippen LogP contribution in [0.15, 0.2) is 18.7 Å². The number of aromatic nitrogens is 4. The van der Waals surface area contributed by atoms with Gasteiger partial charge in [-0.2, -0.15) is 37.0 Å². The molecule has 0 radical (unpaired) electrons. The number of nitrogens with zero attached hydrogens (tertiary/aromatic N) is 6. The molecule has 3 aromatic rings. The van der Waals surface area contributed by atoms with Crippen molar-refractivity contribution < 1.29 is 40.6 Å². The zero-order chi connectivity index (χ0) is 37.5. The molecule has 0 saturated carbocycles. The van der Waals surface area contributed by atoms with Crippen molar-refractivity contribution in [2.75, 3.05) is 43.9 Å². The minimum atomic E-state index is -4.95. The first kappa shape index (κ1) is 37.7. The molecule has 0 bridgehead atoms. The van der Waals surface area contributed by atoms with E-state index in [1.807, 2.05) is 16.5 Å². The number of rotatable bonds is 6. The minimum Gasteiger partial charge on any atom is -0.461 e. The van der Waals surface area contributed by atoms with Gasteiger partial charge in [-0.15, -0.1) is 0 Å². The molecule has 0 spiro atoms. The van der Waals surface area contributed by atoms with Crippen LogP contribution < -0.4 is 20.7 Å². The predicted molar refractivity (Wildman–Crippen MR) is 180 cm³/mol. The van der Waals surface area contributed by atoms with Crippen LogP contribution in [0.4, 0.5) is 37.8 Å². The minimum absolute atomic E-state index is 0.0974. The van der Waals surface area contributed by atoms with Gasteiger partial charge in [0.05, 0.1) is 52.5 Å². The molecule has 6 heterocycles. The molecule has 2 saturated heterocycles. The van der Waals surface area contributed by atoms with E-state index in [1.165, 1.54) is 0 Å². The van der Waals surface area contributed by atoms with Gasteiger partial charge < -0.3 is 25.4 Å². The number of hydrogen-bond donors (Lipinski definition) is 2.